The van der Waals surface area contributed by atoms with Gasteiger partial charge < -0.3 is 4.74 Å². The van der Waals surface area contributed by atoms with Crippen molar-refractivity contribution in [2.24, 2.45) is 5.92 Å². The van der Waals surface area contributed by atoms with E-state index in [0.717, 1.165) is 5.56 Å². The summed E-state index contributed by atoms with van der Waals surface area (Å²) in [7, 11) is -3.46. The van der Waals surface area contributed by atoms with E-state index >= 15 is 0 Å². The van der Waals surface area contributed by atoms with Gasteiger partial charge in [0.05, 0.1) is 11.5 Å². The van der Waals surface area contributed by atoms with Crippen molar-refractivity contribution in [1.29, 1.82) is 0 Å². The first kappa shape index (κ1) is 16.6. The molecule has 19 heavy (non-hydrogen) atoms. The highest BCUT2D eigenvalue weighted by Gasteiger charge is 2.17. The van der Waals surface area contributed by atoms with Gasteiger partial charge in [0, 0.05) is 17.6 Å². The second-order valence-corrected chi connectivity index (χ2v) is 7.26. The Labute approximate surface area is 123 Å². The van der Waals surface area contributed by atoms with Gasteiger partial charge in [-0.1, -0.05) is 26.8 Å². The lowest BCUT2D eigenvalue weighted by Gasteiger charge is -2.10. The predicted molar refractivity (Wildman–Crippen MR) is 79.5 cm³/mol. The van der Waals surface area contributed by atoms with Crippen LogP contribution in [0, 0.1) is 5.92 Å². The van der Waals surface area contributed by atoms with Crippen molar-refractivity contribution < 1.29 is 13.2 Å². The molecule has 0 unspecified atom stereocenters. The minimum Gasteiger partial charge on any atom is -0.377 e. The minimum absolute atomic E-state index is 0.250. The van der Waals surface area contributed by atoms with E-state index in [2.05, 4.69) is 34.5 Å². The van der Waals surface area contributed by atoms with Crippen LogP contribution in [0.3, 0.4) is 0 Å². The van der Waals surface area contributed by atoms with Crippen LogP contribution < -0.4 is 4.72 Å². The summed E-state index contributed by atoms with van der Waals surface area (Å²) in [5.41, 5.74) is 0.848. The third kappa shape index (κ3) is 5.22. The molecule has 0 atom stereocenters. The molecule has 0 saturated carbocycles. The number of halogens is 1. The Morgan fingerprint density at radius 1 is 1.37 bits per heavy atom. The maximum atomic E-state index is 12.0. The van der Waals surface area contributed by atoms with Gasteiger partial charge in [0.25, 0.3) is 0 Å². The summed E-state index contributed by atoms with van der Waals surface area (Å²) >= 11 is 3.27. The molecular weight excluding hydrogens is 330 g/mol. The molecule has 0 radical (unpaired) electrons. The molecule has 0 amide bonds. The Bertz CT molecular complexity index is 515. The summed E-state index contributed by atoms with van der Waals surface area (Å²) in [6, 6.07) is 5.23. The second kappa shape index (κ2) is 7.38. The highest BCUT2D eigenvalue weighted by Crippen LogP contribution is 2.23. The van der Waals surface area contributed by atoms with Crippen molar-refractivity contribution >= 4 is 26.0 Å². The molecule has 0 fully saturated rings. The number of nitrogens with one attached hydrogen (secondary N) is 1. The van der Waals surface area contributed by atoms with Crippen molar-refractivity contribution in [3.05, 3.63) is 28.2 Å². The smallest absolute Gasteiger partial charge is 0.241 e. The molecule has 108 valence electrons. The van der Waals surface area contributed by atoms with Crippen molar-refractivity contribution in [2.75, 3.05) is 13.2 Å². The summed E-state index contributed by atoms with van der Waals surface area (Å²) in [5, 5.41) is 0. The first-order valence-corrected chi connectivity index (χ1v) is 8.50. The lowest BCUT2D eigenvalue weighted by atomic mass is 10.2. The Kier molecular flexibility index (Phi) is 6.46. The average Bonchev–Trinajstić information content (AvgIpc) is 2.30. The van der Waals surface area contributed by atoms with Gasteiger partial charge >= 0.3 is 0 Å². The number of sulfonamides is 1. The Morgan fingerprint density at radius 3 is 2.63 bits per heavy atom. The molecule has 6 heteroatoms. The van der Waals surface area contributed by atoms with E-state index in [-0.39, 0.29) is 4.90 Å². The van der Waals surface area contributed by atoms with Gasteiger partial charge in [0.15, 0.2) is 0 Å². The molecule has 4 nitrogen and oxygen atoms in total. The van der Waals surface area contributed by atoms with Gasteiger partial charge in [-0.25, -0.2) is 13.1 Å². The summed E-state index contributed by atoms with van der Waals surface area (Å²) in [4.78, 5) is 0.250. The molecule has 1 N–H and O–H groups in total. The topological polar surface area (TPSA) is 55.4 Å². The molecule has 1 aromatic carbocycles. The normalized spacial score (nSPS) is 12.1. The molecule has 1 aromatic rings. The van der Waals surface area contributed by atoms with Gasteiger partial charge in [-0.05, 0) is 39.5 Å². The second-order valence-electron chi connectivity index (χ2n) is 4.68. The standard InChI is InChI=1S/C13H20BrNO3S/c1-4-15-19(16,17)13-7-11(5-6-12(13)14)9-18-8-10(2)3/h5-7,10,15H,4,8-9H2,1-3H3. The maximum Gasteiger partial charge on any atom is 0.241 e. The highest BCUT2D eigenvalue weighted by atomic mass is 79.9. The fraction of sp³-hybridized carbons (Fsp3) is 0.538. The van der Waals surface area contributed by atoms with Crippen molar-refractivity contribution in [2.45, 2.75) is 32.3 Å². The molecule has 0 aliphatic heterocycles. The van der Waals surface area contributed by atoms with Crippen LogP contribution in [0.25, 0.3) is 0 Å². The number of rotatable bonds is 7. The van der Waals surface area contributed by atoms with Crippen molar-refractivity contribution in [3.8, 4) is 0 Å². The zero-order chi connectivity index (χ0) is 14.5. The van der Waals surface area contributed by atoms with E-state index in [1.807, 2.05) is 6.07 Å². The molecule has 0 aromatic heterocycles. The first-order valence-electron chi connectivity index (χ1n) is 6.22. The van der Waals surface area contributed by atoms with Gasteiger partial charge in [-0.2, -0.15) is 0 Å². The Hall–Kier alpha value is -0.430. The number of ether oxygens (including phenoxy) is 1. The highest BCUT2D eigenvalue weighted by molar-refractivity contribution is 9.10. The van der Waals surface area contributed by atoms with Crippen molar-refractivity contribution in [1.82, 2.24) is 4.72 Å². The fourth-order valence-electron chi connectivity index (χ4n) is 1.52. The fourth-order valence-corrected chi connectivity index (χ4v) is 3.58. The van der Waals surface area contributed by atoms with E-state index < -0.39 is 10.0 Å². The first-order chi connectivity index (χ1) is 8.86. The summed E-state index contributed by atoms with van der Waals surface area (Å²) < 4.78 is 32.6. The number of benzene rings is 1. The number of hydrogen-bond donors (Lipinski definition) is 1. The van der Waals surface area contributed by atoms with Gasteiger partial charge in [-0.3, -0.25) is 0 Å². The van der Waals surface area contributed by atoms with Crippen LogP contribution in [0.4, 0.5) is 0 Å². The zero-order valence-corrected chi connectivity index (χ0v) is 13.8. The monoisotopic (exact) mass is 349 g/mol. The van der Waals surface area contributed by atoms with Crippen LogP contribution in [0.15, 0.2) is 27.6 Å². The molecule has 0 aliphatic rings. The summed E-state index contributed by atoms with van der Waals surface area (Å²) in [6.07, 6.45) is 0. The molecule has 0 spiro atoms. The summed E-state index contributed by atoms with van der Waals surface area (Å²) in [5.74, 6) is 0.459. The molecule has 0 heterocycles. The molecule has 1 rings (SSSR count). The zero-order valence-electron chi connectivity index (χ0n) is 11.4. The van der Waals surface area contributed by atoms with Crippen LogP contribution in [0.1, 0.15) is 26.3 Å². The van der Waals surface area contributed by atoms with Gasteiger partial charge in [0.2, 0.25) is 10.0 Å². The van der Waals surface area contributed by atoms with E-state index in [1.165, 1.54) is 0 Å². The van der Waals surface area contributed by atoms with Crippen LogP contribution in [0.2, 0.25) is 0 Å². The number of hydrogen-bond acceptors (Lipinski definition) is 3. The maximum absolute atomic E-state index is 12.0. The van der Waals surface area contributed by atoms with Crippen molar-refractivity contribution in [3.63, 3.8) is 0 Å². The molecule has 0 saturated heterocycles. The molecular formula is C13H20BrNO3S. The van der Waals surface area contributed by atoms with Crippen LogP contribution >= 0.6 is 15.9 Å². The Morgan fingerprint density at radius 2 is 2.05 bits per heavy atom. The third-order valence-electron chi connectivity index (χ3n) is 2.34. The molecule has 0 aliphatic carbocycles. The molecule has 0 bridgehead atoms. The SMILES string of the molecule is CCNS(=O)(=O)c1cc(COCC(C)C)ccc1Br. The lowest BCUT2D eigenvalue weighted by molar-refractivity contribution is 0.0969. The minimum atomic E-state index is -3.46. The van der Waals surface area contributed by atoms with E-state index in [0.29, 0.717) is 30.1 Å². The summed E-state index contributed by atoms with van der Waals surface area (Å²) in [6.45, 7) is 7.33. The largest absolute Gasteiger partial charge is 0.377 e. The van der Waals surface area contributed by atoms with Gasteiger partial charge in [-0.15, -0.1) is 0 Å². The van der Waals surface area contributed by atoms with E-state index in [1.54, 1.807) is 19.1 Å². The van der Waals surface area contributed by atoms with Crippen LogP contribution in [-0.4, -0.2) is 21.6 Å². The quantitative estimate of drug-likeness (QED) is 0.823. The van der Waals surface area contributed by atoms with Gasteiger partial charge in [0.1, 0.15) is 0 Å². The Balaban J connectivity index is 2.89. The average molecular weight is 350 g/mol. The third-order valence-corrected chi connectivity index (χ3v) is 4.88. The van der Waals surface area contributed by atoms with Crippen LogP contribution in [0.5, 0.6) is 0 Å². The predicted octanol–water partition coefficient (Wildman–Crippen LogP) is 2.92. The van der Waals surface area contributed by atoms with E-state index in [4.69, 9.17) is 4.74 Å². The van der Waals surface area contributed by atoms with Crippen LogP contribution in [-0.2, 0) is 21.4 Å². The lowest BCUT2D eigenvalue weighted by Crippen LogP contribution is -2.23. The van der Waals surface area contributed by atoms with E-state index in [9.17, 15) is 8.42 Å².